The Labute approximate surface area is 148 Å². The van der Waals surface area contributed by atoms with Crippen LogP contribution in [0.5, 0.6) is 0 Å². The van der Waals surface area contributed by atoms with Gasteiger partial charge in [-0.15, -0.1) is 0 Å². The summed E-state index contributed by atoms with van der Waals surface area (Å²) in [5.41, 5.74) is 1.29. The molecule has 0 aliphatic carbocycles. The van der Waals surface area contributed by atoms with Crippen molar-refractivity contribution < 1.29 is 8.85 Å². The number of aryl methyl sites for hydroxylation is 1. The summed E-state index contributed by atoms with van der Waals surface area (Å²) in [4.78, 5) is 0. The minimum atomic E-state index is -2.61. The molecule has 0 radical (unpaired) electrons. The van der Waals surface area contributed by atoms with Crippen molar-refractivity contribution in [1.29, 1.82) is 0 Å². The predicted octanol–water partition coefficient (Wildman–Crippen LogP) is 5.16. The van der Waals surface area contributed by atoms with Gasteiger partial charge in [0.1, 0.15) is 0 Å². The molecule has 0 aliphatic heterocycles. The van der Waals surface area contributed by atoms with E-state index in [-0.39, 0.29) is 5.04 Å². The van der Waals surface area contributed by atoms with Gasteiger partial charge in [0.25, 0.3) is 0 Å². The Morgan fingerprint density at radius 2 is 1.58 bits per heavy atom. The maximum atomic E-state index is 6.21. The summed E-state index contributed by atoms with van der Waals surface area (Å²) in [5.74, 6) is 1.05. The van der Waals surface area contributed by atoms with Gasteiger partial charge < -0.3 is 8.85 Å². The van der Waals surface area contributed by atoms with Crippen molar-refractivity contribution in [3.8, 4) is 0 Å². The fraction of sp³-hybridized carbons (Fsp3) is 0.524. The molecule has 132 valence electrons. The van der Waals surface area contributed by atoms with Gasteiger partial charge in [0.2, 0.25) is 0 Å². The first-order chi connectivity index (χ1) is 11.2. The largest absolute Gasteiger partial charge is 0.394 e. The Kier molecular flexibility index (Phi) is 5.58. The Balaban J connectivity index is 2.68. The molecule has 2 aromatic rings. The van der Waals surface area contributed by atoms with Crippen molar-refractivity contribution in [2.45, 2.75) is 46.6 Å². The first kappa shape index (κ1) is 19.2. The average molecular weight is 345 g/mol. The van der Waals surface area contributed by atoms with Crippen LogP contribution in [0.3, 0.4) is 0 Å². The normalized spacial score (nSPS) is 14.4. The van der Waals surface area contributed by atoms with Crippen molar-refractivity contribution in [2.24, 2.45) is 11.8 Å². The molecule has 0 heterocycles. The van der Waals surface area contributed by atoms with Crippen molar-refractivity contribution in [2.75, 3.05) is 14.2 Å². The van der Waals surface area contributed by atoms with Crippen molar-refractivity contribution in [3.05, 3.63) is 42.0 Å². The quantitative estimate of drug-likeness (QED) is 0.674. The van der Waals surface area contributed by atoms with Crippen LogP contribution in [0.4, 0.5) is 0 Å². The first-order valence-corrected chi connectivity index (χ1v) is 10.6. The third-order valence-electron chi connectivity index (χ3n) is 6.04. The van der Waals surface area contributed by atoms with Crippen LogP contribution in [-0.4, -0.2) is 22.8 Å². The summed E-state index contributed by atoms with van der Waals surface area (Å²) >= 11 is 0. The lowest BCUT2D eigenvalue weighted by Crippen LogP contribution is -2.62. The molecule has 0 aliphatic rings. The van der Waals surface area contributed by atoms with Gasteiger partial charge in [-0.05, 0) is 40.3 Å². The molecule has 0 amide bonds. The molecule has 2 aromatic carbocycles. The maximum Gasteiger partial charge on any atom is 0.378 e. The van der Waals surface area contributed by atoms with E-state index in [0.717, 1.165) is 0 Å². The van der Waals surface area contributed by atoms with E-state index in [1.165, 1.54) is 21.5 Å². The summed E-state index contributed by atoms with van der Waals surface area (Å²) in [6.07, 6.45) is 0. The van der Waals surface area contributed by atoms with Crippen LogP contribution >= 0.6 is 0 Å². The molecule has 0 fully saturated rings. The summed E-state index contributed by atoms with van der Waals surface area (Å²) in [6.45, 7) is 13.6. The molecule has 3 heteroatoms. The lowest BCUT2D eigenvalue weighted by atomic mass is 9.86. The lowest BCUT2D eigenvalue weighted by molar-refractivity contribution is 0.185. The smallest absolute Gasteiger partial charge is 0.378 e. The van der Waals surface area contributed by atoms with E-state index in [0.29, 0.717) is 11.8 Å². The standard InChI is InChI=1S/C21H32O2Si/c1-15(2)17(4)21(5,6)24(22-7,23-8)19-13-12-18-11-9-10-16(3)20(18)14-19/h9-15,17H,1-8H3. The third-order valence-corrected chi connectivity index (χ3v) is 10.4. The monoisotopic (exact) mass is 344 g/mol. The molecular weight excluding hydrogens is 312 g/mol. The van der Waals surface area contributed by atoms with E-state index in [2.05, 4.69) is 77.9 Å². The Bertz CT molecular complexity index is 702. The van der Waals surface area contributed by atoms with Crippen molar-refractivity contribution >= 4 is 24.5 Å². The molecule has 0 saturated carbocycles. The molecule has 0 spiro atoms. The Hall–Kier alpha value is -1.16. The van der Waals surface area contributed by atoms with Gasteiger partial charge in [0.05, 0.1) is 0 Å². The zero-order valence-corrected chi connectivity index (χ0v) is 17.4. The highest BCUT2D eigenvalue weighted by atomic mass is 28.4. The molecular formula is C21H32O2Si. The molecule has 1 unspecified atom stereocenters. The summed E-state index contributed by atoms with van der Waals surface area (Å²) in [5, 5.41) is 3.71. The average Bonchev–Trinajstić information content (AvgIpc) is 2.56. The molecule has 0 N–H and O–H groups in total. The van der Waals surface area contributed by atoms with E-state index in [4.69, 9.17) is 8.85 Å². The van der Waals surface area contributed by atoms with Crippen LogP contribution in [0.25, 0.3) is 10.8 Å². The van der Waals surface area contributed by atoms with Crippen LogP contribution in [0.2, 0.25) is 5.04 Å². The number of hydrogen-bond donors (Lipinski definition) is 0. The SMILES string of the molecule is CO[Si](OC)(c1ccc2cccc(C)c2c1)C(C)(C)C(C)C(C)C. The van der Waals surface area contributed by atoms with Crippen LogP contribution < -0.4 is 5.19 Å². The highest BCUT2D eigenvalue weighted by Gasteiger charge is 2.55. The van der Waals surface area contributed by atoms with Crippen LogP contribution in [0.15, 0.2) is 36.4 Å². The number of rotatable bonds is 6. The molecule has 0 saturated heterocycles. The fourth-order valence-electron chi connectivity index (χ4n) is 3.98. The third kappa shape index (κ3) is 2.94. The maximum absolute atomic E-state index is 6.21. The van der Waals surface area contributed by atoms with Gasteiger partial charge >= 0.3 is 8.56 Å². The van der Waals surface area contributed by atoms with Gasteiger partial charge in [-0.3, -0.25) is 0 Å². The molecule has 1 atom stereocenters. The highest BCUT2D eigenvalue weighted by Crippen LogP contribution is 2.47. The van der Waals surface area contributed by atoms with E-state index < -0.39 is 8.56 Å². The highest BCUT2D eigenvalue weighted by molar-refractivity contribution is 6.83. The topological polar surface area (TPSA) is 18.5 Å². The minimum absolute atomic E-state index is 0.0545. The van der Waals surface area contributed by atoms with Crippen molar-refractivity contribution in [3.63, 3.8) is 0 Å². The second-order valence-corrected chi connectivity index (χ2v) is 11.7. The molecule has 2 nitrogen and oxygen atoms in total. The zero-order chi connectivity index (χ0) is 18.1. The number of fused-ring (bicyclic) bond motifs is 1. The van der Waals surface area contributed by atoms with Gasteiger partial charge in [0.15, 0.2) is 0 Å². The van der Waals surface area contributed by atoms with E-state index >= 15 is 0 Å². The molecule has 24 heavy (non-hydrogen) atoms. The van der Waals surface area contributed by atoms with Crippen LogP contribution in [0, 0.1) is 18.8 Å². The van der Waals surface area contributed by atoms with Gasteiger partial charge in [-0.2, -0.15) is 0 Å². The van der Waals surface area contributed by atoms with E-state index in [1.54, 1.807) is 0 Å². The molecule has 2 rings (SSSR count). The van der Waals surface area contributed by atoms with Gasteiger partial charge in [-0.25, -0.2) is 0 Å². The van der Waals surface area contributed by atoms with E-state index in [9.17, 15) is 0 Å². The van der Waals surface area contributed by atoms with Crippen LogP contribution in [0.1, 0.15) is 40.2 Å². The van der Waals surface area contributed by atoms with E-state index in [1.807, 2.05) is 14.2 Å². The van der Waals surface area contributed by atoms with Crippen LogP contribution in [-0.2, 0) is 8.85 Å². The fourth-order valence-corrected chi connectivity index (χ4v) is 7.99. The number of benzene rings is 2. The second kappa shape index (κ2) is 6.99. The Morgan fingerprint density at radius 3 is 2.12 bits per heavy atom. The molecule has 0 aromatic heterocycles. The zero-order valence-electron chi connectivity index (χ0n) is 16.4. The summed E-state index contributed by atoms with van der Waals surface area (Å²) in [7, 11) is 1.01. The first-order valence-electron chi connectivity index (χ1n) is 8.81. The van der Waals surface area contributed by atoms with Crippen molar-refractivity contribution in [1.82, 2.24) is 0 Å². The van der Waals surface area contributed by atoms with Gasteiger partial charge in [0, 0.05) is 19.3 Å². The predicted molar refractivity (Wildman–Crippen MR) is 106 cm³/mol. The Morgan fingerprint density at radius 1 is 0.958 bits per heavy atom. The lowest BCUT2D eigenvalue weighted by Gasteiger charge is -2.46. The van der Waals surface area contributed by atoms with Gasteiger partial charge in [-0.1, -0.05) is 71.0 Å². The minimum Gasteiger partial charge on any atom is -0.394 e. The molecule has 0 bridgehead atoms. The second-order valence-electron chi connectivity index (χ2n) is 7.79. The summed E-state index contributed by atoms with van der Waals surface area (Å²) in [6, 6.07) is 13.1. The number of hydrogen-bond acceptors (Lipinski definition) is 2. The summed E-state index contributed by atoms with van der Waals surface area (Å²) < 4.78 is 12.4.